The highest BCUT2D eigenvalue weighted by atomic mass is 32.2. The van der Waals surface area contributed by atoms with Crippen molar-refractivity contribution < 1.29 is 13.2 Å². The molecule has 1 aromatic carbocycles. The van der Waals surface area contributed by atoms with Crippen LogP contribution in [0.15, 0.2) is 60.0 Å². The molecule has 0 unspecified atom stereocenters. The summed E-state index contributed by atoms with van der Waals surface area (Å²) in [4.78, 5) is 17.5. The van der Waals surface area contributed by atoms with Crippen molar-refractivity contribution in [1.29, 1.82) is 0 Å². The van der Waals surface area contributed by atoms with Crippen molar-refractivity contribution in [2.45, 2.75) is 25.3 Å². The fourth-order valence-corrected chi connectivity index (χ4v) is 4.59. The highest BCUT2D eigenvalue weighted by Gasteiger charge is 2.23. The van der Waals surface area contributed by atoms with Crippen molar-refractivity contribution in [3.63, 3.8) is 0 Å². The summed E-state index contributed by atoms with van der Waals surface area (Å²) in [5, 5.41) is 7.08. The van der Waals surface area contributed by atoms with E-state index in [0.717, 1.165) is 21.2 Å². The molecule has 0 aliphatic heterocycles. The Kier molecular flexibility index (Phi) is 5.57. The van der Waals surface area contributed by atoms with E-state index < -0.39 is 15.9 Å². The molecule has 32 heavy (non-hydrogen) atoms. The predicted molar refractivity (Wildman–Crippen MR) is 121 cm³/mol. The van der Waals surface area contributed by atoms with Gasteiger partial charge in [0.2, 0.25) is 10.0 Å². The quantitative estimate of drug-likeness (QED) is 0.485. The summed E-state index contributed by atoms with van der Waals surface area (Å²) in [6.45, 7) is 3.97. The van der Waals surface area contributed by atoms with E-state index >= 15 is 0 Å². The monoisotopic (exact) mass is 452 g/mol. The van der Waals surface area contributed by atoms with Gasteiger partial charge in [0, 0.05) is 38.2 Å². The number of pyridine rings is 1. The Bertz CT molecular complexity index is 1390. The van der Waals surface area contributed by atoms with Crippen LogP contribution in [0, 0.1) is 13.8 Å². The minimum atomic E-state index is -3.67. The van der Waals surface area contributed by atoms with Gasteiger partial charge < -0.3 is 9.72 Å². The van der Waals surface area contributed by atoms with Gasteiger partial charge in [-0.1, -0.05) is 6.07 Å². The number of sulfonamides is 1. The molecule has 0 saturated carbocycles. The molecule has 4 rings (SSSR count). The highest BCUT2D eigenvalue weighted by molar-refractivity contribution is 7.89. The number of rotatable bonds is 6. The molecule has 3 aromatic heterocycles. The van der Waals surface area contributed by atoms with Gasteiger partial charge in [0.15, 0.2) is 0 Å². The summed E-state index contributed by atoms with van der Waals surface area (Å²) < 4.78 is 30.1. The maximum Gasteiger partial charge on any atom is 0.255 e. The molecule has 166 valence electrons. The largest absolute Gasteiger partial charge is 0.319 e. The van der Waals surface area contributed by atoms with Crippen molar-refractivity contribution >= 4 is 27.3 Å². The van der Waals surface area contributed by atoms with Gasteiger partial charge >= 0.3 is 0 Å². The van der Waals surface area contributed by atoms with Crippen LogP contribution in [0.5, 0.6) is 0 Å². The van der Waals surface area contributed by atoms with Gasteiger partial charge in [-0.15, -0.1) is 0 Å². The molecule has 0 saturated heterocycles. The molecule has 0 spiro atoms. The maximum atomic E-state index is 12.8. The first kappa shape index (κ1) is 21.7. The first-order chi connectivity index (χ1) is 15.1. The van der Waals surface area contributed by atoms with Crippen LogP contribution >= 0.6 is 0 Å². The summed E-state index contributed by atoms with van der Waals surface area (Å²) >= 11 is 0. The standard InChI is InChI=1S/C22H24N6O3S/c1-15-9-17(10-20(16(15)2)32(30,31)26(3)4)22(29)25-18-11-23-28(13-18)14-19-12-27-8-6-5-7-21(27)24-19/h5-13H,14H2,1-4H3,(H,25,29). The Morgan fingerprint density at radius 2 is 1.94 bits per heavy atom. The van der Waals surface area contributed by atoms with Crippen LogP contribution in [0.3, 0.4) is 0 Å². The average Bonchev–Trinajstić information content (AvgIpc) is 3.35. The normalized spacial score (nSPS) is 11.9. The molecule has 4 aromatic rings. The number of amides is 1. The van der Waals surface area contributed by atoms with Gasteiger partial charge in [0.05, 0.1) is 29.0 Å². The second kappa shape index (κ2) is 8.21. The Balaban J connectivity index is 1.53. The first-order valence-electron chi connectivity index (χ1n) is 9.95. The third-order valence-corrected chi connectivity index (χ3v) is 7.21. The lowest BCUT2D eigenvalue weighted by molar-refractivity contribution is 0.102. The summed E-state index contributed by atoms with van der Waals surface area (Å²) in [6.07, 6.45) is 7.11. The molecule has 0 bridgehead atoms. The number of carbonyl (C=O) groups excluding carboxylic acids is 1. The topological polar surface area (TPSA) is 102 Å². The van der Waals surface area contributed by atoms with E-state index in [0.29, 0.717) is 17.8 Å². The number of benzene rings is 1. The third kappa shape index (κ3) is 4.14. The van der Waals surface area contributed by atoms with E-state index in [4.69, 9.17) is 0 Å². The fourth-order valence-electron chi connectivity index (χ4n) is 3.37. The van der Waals surface area contributed by atoms with Crippen LogP contribution in [0.2, 0.25) is 0 Å². The summed E-state index contributed by atoms with van der Waals surface area (Å²) in [5.74, 6) is -0.407. The predicted octanol–water partition coefficient (Wildman–Crippen LogP) is 2.70. The molecule has 0 atom stereocenters. The van der Waals surface area contributed by atoms with Crippen molar-refractivity contribution in [3.8, 4) is 0 Å². The number of hydrogen-bond acceptors (Lipinski definition) is 5. The zero-order valence-electron chi connectivity index (χ0n) is 18.3. The van der Waals surface area contributed by atoms with E-state index in [2.05, 4.69) is 15.4 Å². The number of anilines is 1. The minimum absolute atomic E-state index is 0.121. The first-order valence-corrected chi connectivity index (χ1v) is 11.4. The molecule has 0 radical (unpaired) electrons. The molecule has 0 aliphatic carbocycles. The van der Waals surface area contributed by atoms with Crippen molar-refractivity contribution in [1.82, 2.24) is 23.5 Å². The van der Waals surface area contributed by atoms with E-state index in [1.807, 2.05) is 35.0 Å². The van der Waals surface area contributed by atoms with Crippen LogP contribution in [0.25, 0.3) is 5.65 Å². The number of hydrogen-bond donors (Lipinski definition) is 1. The van der Waals surface area contributed by atoms with E-state index in [-0.39, 0.29) is 10.5 Å². The zero-order valence-corrected chi connectivity index (χ0v) is 19.1. The molecule has 3 heterocycles. The highest BCUT2D eigenvalue weighted by Crippen LogP contribution is 2.24. The third-order valence-electron chi connectivity index (χ3n) is 5.27. The Morgan fingerprint density at radius 1 is 1.16 bits per heavy atom. The summed E-state index contributed by atoms with van der Waals surface area (Å²) in [5.41, 5.74) is 3.80. The van der Waals surface area contributed by atoms with Gasteiger partial charge in [-0.2, -0.15) is 5.10 Å². The average molecular weight is 453 g/mol. The number of nitrogens with zero attached hydrogens (tertiary/aromatic N) is 5. The van der Waals surface area contributed by atoms with Gasteiger partial charge in [-0.25, -0.2) is 17.7 Å². The zero-order chi connectivity index (χ0) is 23.0. The second-order valence-corrected chi connectivity index (χ2v) is 9.90. The number of nitrogens with one attached hydrogen (secondary N) is 1. The number of carbonyl (C=O) groups is 1. The SMILES string of the molecule is Cc1cc(C(=O)Nc2cnn(Cc3cn4ccccc4n3)c2)cc(S(=O)(=O)N(C)C)c1C. The van der Waals surface area contributed by atoms with Crippen LogP contribution < -0.4 is 5.32 Å². The van der Waals surface area contributed by atoms with Crippen LogP contribution in [-0.2, 0) is 16.6 Å². The lowest BCUT2D eigenvalue weighted by Crippen LogP contribution is -2.24. The lowest BCUT2D eigenvalue weighted by atomic mass is 10.1. The summed E-state index contributed by atoms with van der Waals surface area (Å²) in [7, 11) is -0.739. The van der Waals surface area contributed by atoms with E-state index in [1.54, 1.807) is 37.0 Å². The van der Waals surface area contributed by atoms with Gasteiger partial charge in [0.1, 0.15) is 5.65 Å². The Morgan fingerprint density at radius 3 is 2.66 bits per heavy atom. The molecule has 10 heteroatoms. The minimum Gasteiger partial charge on any atom is -0.319 e. The van der Waals surface area contributed by atoms with E-state index in [9.17, 15) is 13.2 Å². The van der Waals surface area contributed by atoms with E-state index in [1.165, 1.54) is 20.2 Å². The van der Waals surface area contributed by atoms with Crippen LogP contribution in [0.4, 0.5) is 5.69 Å². The molecule has 1 N–H and O–H groups in total. The molecular formula is C22H24N6O3S. The molecule has 0 aliphatic rings. The summed E-state index contributed by atoms with van der Waals surface area (Å²) in [6, 6.07) is 8.87. The number of fused-ring (bicyclic) bond motifs is 1. The van der Waals surface area contributed by atoms with Gasteiger partial charge in [-0.3, -0.25) is 9.48 Å². The smallest absolute Gasteiger partial charge is 0.255 e. The molecular weight excluding hydrogens is 428 g/mol. The van der Waals surface area contributed by atoms with Crippen LogP contribution in [0.1, 0.15) is 27.2 Å². The molecule has 9 nitrogen and oxygen atoms in total. The Labute approximate surface area is 186 Å². The second-order valence-electron chi connectivity index (χ2n) is 7.78. The molecule has 0 fully saturated rings. The lowest BCUT2D eigenvalue weighted by Gasteiger charge is -2.16. The molecule has 1 amide bonds. The van der Waals surface area contributed by atoms with Gasteiger partial charge in [-0.05, 0) is 49.2 Å². The number of imidazole rings is 1. The number of aromatic nitrogens is 4. The Hall–Kier alpha value is -3.50. The number of aryl methyl sites for hydroxylation is 1. The fraction of sp³-hybridized carbons (Fsp3) is 0.227. The van der Waals surface area contributed by atoms with Crippen molar-refractivity contribution in [3.05, 3.63) is 77.5 Å². The maximum absolute atomic E-state index is 12.8. The van der Waals surface area contributed by atoms with Gasteiger partial charge in [0.25, 0.3) is 5.91 Å². The van der Waals surface area contributed by atoms with Crippen molar-refractivity contribution in [2.24, 2.45) is 0 Å². The van der Waals surface area contributed by atoms with Crippen molar-refractivity contribution in [2.75, 3.05) is 19.4 Å². The van der Waals surface area contributed by atoms with Crippen LogP contribution in [-0.4, -0.2) is 51.9 Å².